The molecule has 4 heterocycles. The fourth-order valence-corrected chi connectivity index (χ4v) is 9.45. The highest BCUT2D eigenvalue weighted by Crippen LogP contribution is 2.61. The highest BCUT2D eigenvalue weighted by molar-refractivity contribution is 8.02. The first-order valence-electron chi connectivity index (χ1n) is 15.0. The molecule has 2 saturated heterocycles. The Morgan fingerprint density at radius 3 is 2.44 bits per heavy atom. The van der Waals surface area contributed by atoms with E-state index in [4.69, 9.17) is 0 Å². The third kappa shape index (κ3) is 4.42. The fourth-order valence-electron chi connectivity index (χ4n) is 7.46. The predicted octanol–water partition coefficient (Wildman–Crippen LogP) is 4.41. The van der Waals surface area contributed by atoms with Gasteiger partial charge in [0.05, 0.1) is 29.2 Å². The lowest BCUT2D eigenvalue weighted by atomic mass is 9.78. The average Bonchev–Trinajstić information content (AvgIpc) is 3.35. The number of amides is 3. The zero-order valence-electron chi connectivity index (χ0n) is 24.1. The Morgan fingerprint density at radius 2 is 1.67 bits per heavy atom. The molecular weight excluding hydrogens is 558 g/mol. The highest BCUT2D eigenvalue weighted by atomic mass is 32.2. The second kappa shape index (κ2) is 11.0. The van der Waals surface area contributed by atoms with Crippen LogP contribution in [-0.2, 0) is 20.9 Å². The fraction of sp³-hybridized carbons (Fsp3) is 0.343. The first-order chi connectivity index (χ1) is 21.0. The number of hydrogen-bond donors (Lipinski definition) is 1. The zero-order valence-corrected chi connectivity index (χ0v) is 24.9. The van der Waals surface area contributed by atoms with Crippen molar-refractivity contribution in [1.82, 2.24) is 9.80 Å². The maximum Gasteiger partial charge on any atom is 0.251 e. The smallest absolute Gasteiger partial charge is 0.251 e. The molecule has 1 N–H and O–H groups in total. The van der Waals surface area contributed by atoms with E-state index in [0.717, 1.165) is 22.0 Å². The number of fused-ring (bicyclic) bond motifs is 3. The summed E-state index contributed by atoms with van der Waals surface area (Å²) in [5.74, 6) is -1.76. The van der Waals surface area contributed by atoms with Gasteiger partial charge in [-0.2, -0.15) is 0 Å². The van der Waals surface area contributed by atoms with Gasteiger partial charge < -0.3 is 19.8 Å². The van der Waals surface area contributed by atoms with E-state index >= 15 is 0 Å². The van der Waals surface area contributed by atoms with Gasteiger partial charge in [0.1, 0.15) is 6.04 Å². The quantitative estimate of drug-likeness (QED) is 0.429. The van der Waals surface area contributed by atoms with Crippen molar-refractivity contribution < 1.29 is 19.5 Å². The van der Waals surface area contributed by atoms with Crippen LogP contribution in [0.2, 0.25) is 0 Å². The van der Waals surface area contributed by atoms with E-state index in [9.17, 15) is 19.5 Å². The Labute approximate surface area is 255 Å². The number of nitrogens with zero attached hydrogens (tertiary/aromatic N) is 3. The van der Waals surface area contributed by atoms with E-state index in [1.165, 1.54) is 0 Å². The molecule has 0 radical (unpaired) electrons. The maximum atomic E-state index is 14.7. The van der Waals surface area contributed by atoms with Crippen LogP contribution in [0.1, 0.15) is 18.9 Å². The molecule has 0 bridgehead atoms. The van der Waals surface area contributed by atoms with Crippen LogP contribution in [0, 0.1) is 11.8 Å². The molecule has 4 aliphatic rings. The minimum absolute atomic E-state index is 0.0595. The lowest BCUT2D eigenvalue weighted by Crippen LogP contribution is -2.56. The third-order valence-corrected chi connectivity index (χ3v) is 11.3. The molecule has 3 amide bonds. The lowest BCUT2D eigenvalue weighted by Gasteiger charge is -2.38. The minimum atomic E-state index is -0.923. The first kappa shape index (κ1) is 27.9. The summed E-state index contributed by atoms with van der Waals surface area (Å²) in [6.07, 6.45) is 8.62. The number of rotatable bonds is 6. The number of hydrogen-bond acceptors (Lipinski definition) is 5. The van der Waals surface area contributed by atoms with E-state index in [-0.39, 0.29) is 29.6 Å². The molecule has 2 fully saturated rings. The van der Waals surface area contributed by atoms with Crippen LogP contribution < -0.4 is 4.90 Å². The van der Waals surface area contributed by atoms with Crippen LogP contribution in [-0.4, -0.2) is 74.4 Å². The summed E-state index contributed by atoms with van der Waals surface area (Å²) in [6, 6.07) is 22.5. The largest absolute Gasteiger partial charge is 0.394 e. The number of aliphatic hydroxyl groups is 1. The average molecular weight is 594 g/mol. The Hall–Kier alpha value is -3.88. The molecule has 1 unspecified atom stereocenters. The van der Waals surface area contributed by atoms with Gasteiger partial charge in [0.25, 0.3) is 5.91 Å². The van der Waals surface area contributed by atoms with Crippen LogP contribution in [0.15, 0.2) is 97.1 Å². The Balaban J connectivity index is 1.30. The minimum Gasteiger partial charge on any atom is -0.394 e. The normalized spacial score (nSPS) is 29.0. The molecule has 1 spiro atoms. The SMILES string of the molecule is CC[C@@H](CO)N1C(=O)[C@@H]2[C@H]3C(=O)N(Cc4ccccc4)CC=C[C@H]3S[C@@]23C=CCN(c2ccc4ccccc4c2)C(=O)C13. The standard InChI is InChI=1S/C35H35N3O4S/c1-2-26(22-39)38-31-34(42)37(27-16-15-24-12-6-7-13-25(24)20-27)19-9-17-35(31)30(33(38)41)29-28(43-35)14-8-18-36(32(29)40)21-23-10-4-3-5-11-23/h3-17,20,26,28-31,39H,2,18-19,21-22H2,1H3/t26-,28+,29-,30-,31?,35-/m0/s1. The van der Waals surface area contributed by atoms with Gasteiger partial charge in [-0.15, -0.1) is 11.8 Å². The molecule has 7 rings (SSSR count). The van der Waals surface area contributed by atoms with Crippen LogP contribution in [0.4, 0.5) is 5.69 Å². The summed E-state index contributed by atoms with van der Waals surface area (Å²) in [5.41, 5.74) is 1.79. The molecule has 8 heteroatoms. The van der Waals surface area contributed by atoms with E-state index in [1.807, 2.05) is 103 Å². The monoisotopic (exact) mass is 593 g/mol. The van der Waals surface area contributed by atoms with Crippen molar-refractivity contribution in [3.8, 4) is 0 Å². The molecule has 0 aliphatic carbocycles. The molecule has 0 aromatic heterocycles. The number of benzene rings is 3. The number of thioether (sulfide) groups is 1. The van der Waals surface area contributed by atoms with Crippen LogP contribution in [0.25, 0.3) is 10.8 Å². The Kier molecular flexibility index (Phi) is 7.14. The summed E-state index contributed by atoms with van der Waals surface area (Å²) >= 11 is 1.57. The molecule has 4 aliphatic heterocycles. The predicted molar refractivity (Wildman–Crippen MR) is 169 cm³/mol. The molecule has 3 aromatic carbocycles. The van der Waals surface area contributed by atoms with Gasteiger partial charge >= 0.3 is 0 Å². The van der Waals surface area contributed by atoms with Crippen molar-refractivity contribution in [2.75, 3.05) is 24.6 Å². The third-order valence-electron chi connectivity index (χ3n) is 9.52. The van der Waals surface area contributed by atoms with Crippen molar-refractivity contribution in [3.05, 3.63) is 103 Å². The van der Waals surface area contributed by atoms with Crippen LogP contribution >= 0.6 is 11.8 Å². The molecule has 3 aromatic rings. The summed E-state index contributed by atoms with van der Waals surface area (Å²) in [7, 11) is 0. The van der Waals surface area contributed by atoms with Crippen molar-refractivity contribution in [3.63, 3.8) is 0 Å². The topological polar surface area (TPSA) is 81.2 Å². The van der Waals surface area contributed by atoms with Gasteiger partial charge in [-0.1, -0.05) is 91.9 Å². The summed E-state index contributed by atoms with van der Waals surface area (Å²) in [4.78, 5) is 48.8. The van der Waals surface area contributed by atoms with Crippen LogP contribution in [0.3, 0.4) is 0 Å². The molecule has 6 atom stereocenters. The second-order valence-electron chi connectivity index (χ2n) is 11.8. The summed E-state index contributed by atoms with van der Waals surface area (Å²) in [6.45, 7) is 2.96. The summed E-state index contributed by atoms with van der Waals surface area (Å²) in [5, 5.41) is 12.3. The highest BCUT2D eigenvalue weighted by Gasteiger charge is 2.71. The molecule has 0 saturated carbocycles. The van der Waals surface area contributed by atoms with E-state index in [1.54, 1.807) is 21.6 Å². The van der Waals surface area contributed by atoms with Crippen molar-refractivity contribution in [1.29, 1.82) is 0 Å². The van der Waals surface area contributed by atoms with Crippen molar-refractivity contribution in [2.24, 2.45) is 11.8 Å². The van der Waals surface area contributed by atoms with Crippen LogP contribution in [0.5, 0.6) is 0 Å². The number of anilines is 1. The second-order valence-corrected chi connectivity index (χ2v) is 13.3. The zero-order chi connectivity index (χ0) is 29.7. The van der Waals surface area contributed by atoms with E-state index < -0.39 is 28.7 Å². The molecule has 7 nitrogen and oxygen atoms in total. The summed E-state index contributed by atoms with van der Waals surface area (Å²) < 4.78 is -0.923. The molecule has 43 heavy (non-hydrogen) atoms. The van der Waals surface area contributed by atoms with Gasteiger partial charge in [0, 0.05) is 30.6 Å². The van der Waals surface area contributed by atoms with Gasteiger partial charge in [0.15, 0.2) is 0 Å². The Bertz CT molecular complexity index is 1640. The molecule has 220 valence electrons. The maximum absolute atomic E-state index is 14.7. The number of carbonyl (C=O) groups is 3. The van der Waals surface area contributed by atoms with E-state index in [2.05, 4.69) is 6.08 Å². The van der Waals surface area contributed by atoms with Gasteiger partial charge in [-0.3, -0.25) is 14.4 Å². The van der Waals surface area contributed by atoms with Gasteiger partial charge in [0.2, 0.25) is 11.8 Å². The lowest BCUT2D eigenvalue weighted by molar-refractivity contribution is -0.145. The number of likely N-dealkylation sites (tertiary alicyclic amines) is 1. The van der Waals surface area contributed by atoms with Crippen molar-refractivity contribution >= 4 is 45.9 Å². The Morgan fingerprint density at radius 1 is 0.907 bits per heavy atom. The van der Waals surface area contributed by atoms with E-state index in [0.29, 0.717) is 26.1 Å². The first-order valence-corrected chi connectivity index (χ1v) is 15.9. The van der Waals surface area contributed by atoms with Gasteiger partial charge in [-0.05, 0) is 34.9 Å². The number of carbonyl (C=O) groups excluding carboxylic acids is 3. The van der Waals surface area contributed by atoms with Crippen molar-refractivity contribution in [2.45, 2.75) is 42.0 Å². The van der Waals surface area contributed by atoms with Gasteiger partial charge in [-0.25, -0.2) is 0 Å². The molecular formula is C35H35N3O4S. The number of aliphatic hydroxyl groups excluding tert-OH is 1.